The Bertz CT molecular complexity index is 1110. The van der Waals surface area contributed by atoms with Crippen LogP contribution in [0.25, 0.3) is 0 Å². The zero-order chi connectivity index (χ0) is 23.8. The van der Waals surface area contributed by atoms with Crippen molar-refractivity contribution in [1.29, 1.82) is 0 Å². The molecule has 0 unspecified atom stereocenters. The van der Waals surface area contributed by atoms with Gasteiger partial charge < -0.3 is 30.0 Å². The number of rotatable bonds is 7. The second kappa shape index (κ2) is 9.14. The summed E-state index contributed by atoms with van der Waals surface area (Å²) in [5, 5.41) is 24.8. The third kappa shape index (κ3) is 4.22. The van der Waals surface area contributed by atoms with Crippen molar-refractivity contribution in [3.8, 4) is 5.75 Å². The van der Waals surface area contributed by atoms with E-state index in [1.54, 1.807) is 32.2 Å². The molecule has 0 amide bonds. The Morgan fingerprint density at radius 2 is 1.94 bits per heavy atom. The second-order valence-electron chi connectivity index (χ2n) is 8.04. The van der Waals surface area contributed by atoms with Gasteiger partial charge in [-0.15, -0.1) is 10.2 Å². The largest absolute Gasteiger partial charge is 0.477 e. The molecule has 0 fully saturated rings. The predicted molar refractivity (Wildman–Crippen MR) is 123 cm³/mol. The molecule has 10 nitrogen and oxygen atoms in total. The molecule has 1 aliphatic rings. The molecular weight excluding hydrogens is 448 g/mol. The summed E-state index contributed by atoms with van der Waals surface area (Å²) < 4.78 is 17.3. The van der Waals surface area contributed by atoms with Gasteiger partial charge in [-0.1, -0.05) is 23.7 Å². The number of nitrogen functional groups attached to an aromatic ring is 1. The van der Waals surface area contributed by atoms with Crippen molar-refractivity contribution in [3.05, 3.63) is 58.9 Å². The van der Waals surface area contributed by atoms with Crippen molar-refractivity contribution >= 4 is 23.0 Å². The Kier molecular flexibility index (Phi) is 6.44. The maximum Gasteiger partial charge on any atom is 0.199 e. The highest BCUT2D eigenvalue weighted by Crippen LogP contribution is 2.48. The lowest BCUT2D eigenvalue weighted by atomic mass is 9.83. The van der Waals surface area contributed by atoms with E-state index < -0.39 is 24.0 Å². The van der Waals surface area contributed by atoms with Crippen LogP contribution in [0.1, 0.15) is 24.4 Å². The number of methoxy groups -OCH3 is 2. The summed E-state index contributed by atoms with van der Waals surface area (Å²) in [6, 6.07) is 12.1. The van der Waals surface area contributed by atoms with Crippen LogP contribution in [0.15, 0.2) is 42.5 Å². The van der Waals surface area contributed by atoms with Gasteiger partial charge in [0.05, 0.1) is 25.3 Å². The molecule has 2 aromatic carbocycles. The number of nitrogens with two attached hydrogens (primary N) is 1. The minimum absolute atomic E-state index is 0.256. The number of aromatic nitrogens is 4. The number of nitrogens with zero attached hydrogens (tertiary/aromatic N) is 5. The minimum atomic E-state index is -1.28. The quantitative estimate of drug-likeness (QED) is 0.392. The van der Waals surface area contributed by atoms with E-state index in [1.807, 2.05) is 29.2 Å². The molecule has 0 aliphatic carbocycles. The molecule has 4 rings (SSSR count). The summed E-state index contributed by atoms with van der Waals surface area (Å²) in [5.41, 5.74) is 6.97. The van der Waals surface area contributed by atoms with Crippen LogP contribution in [0.4, 0.5) is 11.4 Å². The predicted octanol–water partition coefficient (Wildman–Crippen LogP) is 2.32. The van der Waals surface area contributed by atoms with Crippen molar-refractivity contribution in [2.45, 2.75) is 37.5 Å². The highest BCUT2D eigenvalue weighted by Gasteiger charge is 2.54. The van der Waals surface area contributed by atoms with Crippen molar-refractivity contribution < 1.29 is 19.3 Å². The first-order chi connectivity index (χ1) is 15.8. The van der Waals surface area contributed by atoms with Crippen LogP contribution in [-0.4, -0.2) is 57.5 Å². The summed E-state index contributed by atoms with van der Waals surface area (Å²) >= 11 is 6.15. The fourth-order valence-electron chi connectivity index (χ4n) is 4.30. The van der Waals surface area contributed by atoms with E-state index in [1.165, 1.54) is 19.0 Å². The number of hydrogen-bond donors (Lipinski definition) is 2. The molecule has 2 heterocycles. The summed E-state index contributed by atoms with van der Waals surface area (Å²) in [6.07, 6.45) is -1.96. The molecule has 0 saturated heterocycles. The van der Waals surface area contributed by atoms with Crippen LogP contribution in [0.2, 0.25) is 5.02 Å². The van der Waals surface area contributed by atoms with Crippen LogP contribution in [-0.2, 0) is 23.1 Å². The third-order valence-electron chi connectivity index (χ3n) is 5.85. The lowest BCUT2D eigenvalue weighted by Crippen LogP contribution is -2.62. The first-order valence-corrected chi connectivity index (χ1v) is 10.7. The third-order valence-corrected chi connectivity index (χ3v) is 6.11. The van der Waals surface area contributed by atoms with Gasteiger partial charge >= 0.3 is 0 Å². The van der Waals surface area contributed by atoms with Crippen LogP contribution < -0.4 is 15.4 Å². The van der Waals surface area contributed by atoms with Gasteiger partial charge in [0.1, 0.15) is 11.9 Å². The van der Waals surface area contributed by atoms with Crippen molar-refractivity contribution in [1.82, 2.24) is 20.2 Å². The van der Waals surface area contributed by atoms with E-state index in [9.17, 15) is 5.11 Å². The fraction of sp³-hybridized carbons (Fsp3) is 0.409. The van der Waals surface area contributed by atoms with Gasteiger partial charge in [0.25, 0.3) is 0 Å². The van der Waals surface area contributed by atoms with Gasteiger partial charge in [-0.3, -0.25) is 0 Å². The summed E-state index contributed by atoms with van der Waals surface area (Å²) in [7, 11) is 4.69. The van der Waals surface area contributed by atoms with E-state index in [2.05, 4.69) is 15.4 Å². The molecule has 3 N–H and O–H groups in total. The van der Waals surface area contributed by atoms with Crippen molar-refractivity contribution in [3.63, 3.8) is 0 Å². The van der Waals surface area contributed by atoms with Crippen molar-refractivity contribution in [2.24, 2.45) is 7.05 Å². The minimum Gasteiger partial charge on any atom is -0.477 e. The molecule has 3 atom stereocenters. The number of halogens is 1. The molecule has 0 spiro atoms. The number of aliphatic hydroxyl groups excluding tert-OH is 1. The van der Waals surface area contributed by atoms with Gasteiger partial charge in [-0.2, -0.15) is 4.80 Å². The number of anilines is 2. The van der Waals surface area contributed by atoms with Crippen molar-refractivity contribution in [2.75, 3.05) is 24.9 Å². The number of benzene rings is 2. The Balaban J connectivity index is 1.89. The smallest absolute Gasteiger partial charge is 0.199 e. The van der Waals surface area contributed by atoms with E-state index in [4.69, 9.17) is 31.5 Å². The Labute approximate surface area is 196 Å². The molecular formula is C22H27ClN6O4. The average Bonchev–Trinajstić information content (AvgIpc) is 3.20. The van der Waals surface area contributed by atoms with E-state index in [-0.39, 0.29) is 6.54 Å². The molecule has 0 saturated carbocycles. The van der Waals surface area contributed by atoms with Crippen LogP contribution >= 0.6 is 11.6 Å². The van der Waals surface area contributed by atoms with Gasteiger partial charge in [0.15, 0.2) is 17.7 Å². The average molecular weight is 475 g/mol. The highest BCUT2D eigenvalue weighted by atomic mass is 35.5. The van der Waals surface area contributed by atoms with E-state index in [0.29, 0.717) is 27.8 Å². The van der Waals surface area contributed by atoms with E-state index >= 15 is 0 Å². The number of tetrazole rings is 1. The maximum absolute atomic E-state index is 11.8. The lowest BCUT2D eigenvalue weighted by Gasteiger charge is -2.50. The Morgan fingerprint density at radius 1 is 1.24 bits per heavy atom. The molecule has 1 aromatic heterocycles. The molecule has 176 valence electrons. The monoisotopic (exact) mass is 474 g/mol. The highest BCUT2D eigenvalue weighted by molar-refractivity contribution is 6.30. The van der Waals surface area contributed by atoms with Gasteiger partial charge in [0.2, 0.25) is 0 Å². The van der Waals surface area contributed by atoms with Crippen LogP contribution in [0.3, 0.4) is 0 Å². The summed E-state index contributed by atoms with van der Waals surface area (Å²) in [6.45, 7) is 1.99. The standard InChI is InChI=1S/C22H27ClN6O4/c1-22(21(31-3)32-4)20(30)18(15-6-5-7-16(24)19(15)33-22)29(12-17-25-27-28(2)26-17)14-10-8-13(23)9-11-14/h5-11,18,20-21,30H,12,24H2,1-4H3/t18-,20+,22+/m1/s1. The van der Waals surface area contributed by atoms with Gasteiger partial charge in [-0.25, -0.2) is 0 Å². The SMILES string of the molecule is COC(OC)[C@@]1(C)Oc2c(N)cccc2[C@@H](N(Cc2nnn(C)n2)c2ccc(Cl)cc2)[C@@H]1O. The van der Waals surface area contributed by atoms with Gasteiger partial charge in [0, 0.05) is 30.5 Å². The second-order valence-corrected chi connectivity index (χ2v) is 8.48. The molecule has 0 bridgehead atoms. The van der Waals surface area contributed by atoms with E-state index in [0.717, 1.165) is 5.69 Å². The zero-order valence-electron chi connectivity index (χ0n) is 18.8. The Morgan fingerprint density at radius 3 is 2.55 bits per heavy atom. The number of aryl methyl sites for hydroxylation is 1. The molecule has 0 radical (unpaired) electrons. The lowest BCUT2D eigenvalue weighted by molar-refractivity contribution is -0.237. The molecule has 1 aliphatic heterocycles. The first kappa shape index (κ1) is 23.2. The zero-order valence-corrected chi connectivity index (χ0v) is 19.6. The van der Waals surface area contributed by atoms with Gasteiger partial charge in [-0.05, 0) is 42.5 Å². The number of para-hydroxylation sites is 1. The van der Waals surface area contributed by atoms with Crippen LogP contribution in [0, 0.1) is 0 Å². The fourth-order valence-corrected chi connectivity index (χ4v) is 4.43. The molecule has 11 heteroatoms. The number of fused-ring (bicyclic) bond motifs is 1. The first-order valence-electron chi connectivity index (χ1n) is 10.3. The number of aliphatic hydroxyl groups is 1. The number of hydrogen-bond acceptors (Lipinski definition) is 9. The Hall–Kier alpha value is -2.92. The molecule has 33 heavy (non-hydrogen) atoms. The summed E-state index contributed by atoms with van der Waals surface area (Å²) in [5.74, 6) is 0.939. The summed E-state index contributed by atoms with van der Waals surface area (Å²) in [4.78, 5) is 3.36. The number of ether oxygens (including phenoxy) is 3. The maximum atomic E-state index is 11.8. The molecule has 3 aromatic rings. The van der Waals surface area contributed by atoms with Crippen LogP contribution in [0.5, 0.6) is 5.75 Å². The normalized spacial score (nSPS) is 22.2. The topological polar surface area (TPSA) is 121 Å².